The first-order valence-corrected chi connectivity index (χ1v) is 5.64. The highest BCUT2D eigenvalue weighted by Gasteiger charge is 2.21. The van der Waals surface area contributed by atoms with E-state index in [0.717, 1.165) is 26.7 Å². The van der Waals surface area contributed by atoms with Crippen molar-refractivity contribution in [3.8, 4) is 5.75 Å². The number of rotatable bonds is 0. The third-order valence-electron chi connectivity index (χ3n) is 2.11. The summed E-state index contributed by atoms with van der Waals surface area (Å²) in [5.74, 6) is 0.889. The molecule has 78 valence electrons. The molecule has 0 saturated heterocycles. The minimum atomic E-state index is 0. The maximum atomic E-state index is 5.97. The predicted molar refractivity (Wildman–Crippen MR) is 66.1 cm³/mol. The summed E-state index contributed by atoms with van der Waals surface area (Å²) in [6.07, 6.45) is 0.882. The Morgan fingerprint density at radius 3 is 2.79 bits per heavy atom. The summed E-state index contributed by atoms with van der Waals surface area (Å²) in [6.45, 7) is 0.705. The Morgan fingerprint density at radius 2 is 2.07 bits per heavy atom. The molecule has 1 aliphatic rings. The summed E-state index contributed by atoms with van der Waals surface area (Å²) in [4.78, 5) is 0. The lowest BCUT2D eigenvalue weighted by Crippen LogP contribution is -2.21. The van der Waals surface area contributed by atoms with Crippen molar-refractivity contribution >= 4 is 44.3 Å². The molecule has 0 spiro atoms. The summed E-state index contributed by atoms with van der Waals surface area (Å²) in [5, 5.41) is 0. The summed E-state index contributed by atoms with van der Waals surface area (Å²) in [6, 6.07) is 4.04. The highest BCUT2D eigenvalue weighted by atomic mass is 79.9. The number of hydrogen-bond acceptors (Lipinski definition) is 2. The van der Waals surface area contributed by atoms with Crippen LogP contribution in [-0.4, -0.2) is 6.61 Å². The fourth-order valence-electron chi connectivity index (χ4n) is 1.48. The van der Waals surface area contributed by atoms with Gasteiger partial charge in [0, 0.05) is 27.0 Å². The quantitative estimate of drug-likeness (QED) is 0.783. The molecule has 0 amide bonds. The molecular formula is C9H10Br2ClNO. The van der Waals surface area contributed by atoms with Crippen LogP contribution < -0.4 is 10.5 Å². The van der Waals surface area contributed by atoms with E-state index in [4.69, 9.17) is 10.5 Å². The fraction of sp³-hybridized carbons (Fsp3) is 0.333. The van der Waals surface area contributed by atoms with Gasteiger partial charge in [-0.05, 0) is 12.1 Å². The highest BCUT2D eigenvalue weighted by Crippen LogP contribution is 2.38. The van der Waals surface area contributed by atoms with Crippen LogP contribution >= 0.6 is 44.3 Å². The SMILES string of the molecule is Cl.N[C@H]1CCOc2cc(Br)cc(Br)c21. The molecule has 0 bridgehead atoms. The summed E-state index contributed by atoms with van der Waals surface area (Å²) >= 11 is 6.89. The monoisotopic (exact) mass is 341 g/mol. The zero-order chi connectivity index (χ0) is 9.42. The van der Waals surface area contributed by atoms with Gasteiger partial charge in [0.2, 0.25) is 0 Å². The molecule has 0 fully saturated rings. The van der Waals surface area contributed by atoms with Crippen LogP contribution in [0, 0.1) is 0 Å². The Kier molecular flexibility index (Phi) is 4.25. The molecular weight excluding hydrogens is 333 g/mol. The lowest BCUT2D eigenvalue weighted by Gasteiger charge is -2.24. The third kappa shape index (κ3) is 2.24. The van der Waals surface area contributed by atoms with Crippen molar-refractivity contribution in [2.75, 3.05) is 6.61 Å². The van der Waals surface area contributed by atoms with Crippen LogP contribution in [0.2, 0.25) is 0 Å². The van der Waals surface area contributed by atoms with Gasteiger partial charge in [0.1, 0.15) is 5.75 Å². The van der Waals surface area contributed by atoms with E-state index in [1.165, 1.54) is 0 Å². The van der Waals surface area contributed by atoms with E-state index < -0.39 is 0 Å². The molecule has 5 heteroatoms. The van der Waals surface area contributed by atoms with Gasteiger partial charge in [0.25, 0.3) is 0 Å². The van der Waals surface area contributed by atoms with Crippen LogP contribution in [-0.2, 0) is 0 Å². The average Bonchev–Trinajstić information content (AvgIpc) is 2.02. The molecule has 2 N–H and O–H groups in total. The van der Waals surface area contributed by atoms with Crippen molar-refractivity contribution in [2.45, 2.75) is 12.5 Å². The minimum Gasteiger partial charge on any atom is -0.493 e. The molecule has 0 aromatic heterocycles. The first-order valence-electron chi connectivity index (χ1n) is 4.06. The van der Waals surface area contributed by atoms with Crippen LogP contribution in [0.25, 0.3) is 0 Å². The lowest BCUT2D eigenvalue weighted by molar-refractivity contribution is 0.268. The molecule has 2 nitrogen and oxygen atoms in total. The number of benzene rings is 1. The zero-order valence-corrected chi connectivity index (χ0v) is 11.3. The van der Waals surface area contributed by atoms with E-state index in [1.54, 1.807) is 0 Å². The fourth-order valence-corrected chi connectivity index (χ4v) is 2.96. The molecule has 1 aromatic rings. The van der Waals surface area contributed by atoms with Crippen molar-refractivity contribution in [3.63, 3.8) is 0 Å². The molecule has 2 rings (SSSR count). The molecule has 0 aliphatic carbocycles. The highest BCUT2D eigenvalue weighted by molar-refractivity contribution is 9.11. The Hall–Kier alpha value is 0.230. The zero-order valence-electron chi connectivity index (χ0n) is 7.30. The van der Waals surface area contributed by atoms with Gasteiger partial charge in [-0.25, -0.2) is 0 Å². The molecule has 1 atom stereocenters. The standard InChI is InChI=1S/C9H9Br2NO.ClH/c10-5-3-6(11)9-7(12)1-2-13-8(9)4-5;/h3-4,7H,1-2,12H2;1H/t7-;/m0./s1. The van der Waals surface area contributed by atoms with E-state index in [-0.39, 0.29) is 18.4 Å². The van der Waals surface area contributed by atoms with E-state index in [1.807, 2.05) is 12.1 Å². The molecule has 1 heterocycles. The number of fused-ring (bicyclic) bond motifs is 1. The van der Waals surface area contributed by atoms with E-state index in [9.17, 15) is 0 Å². The van der Waals surface area contributed by atoms with Crippen LogP contribution in [0.15, 0.2) is 21.1 Å². The number of hydrogen-bond donors (Lipinski definition) is 1. The summed E-state index contributed by atoms with van der Waals surface area (Å²) < 4.78 is 7.54. The minimum absolute atomic E-state index is 0. The Balaban J connectivity index is 0.000000980. The van der Waals surface area contributed by atoms with Crippen molar-refractivity contribution in [1.82, 2.24) is 0 Å². The molecule has 1 aliphatic heterocycles. The average molecular weight is 343 g/mol. The second-order valence-electron chi connectivity index (χ2n) is 3.04. The second kappa shape index (κ2) is 4.84. The van der Waals surface area contributed by atoms with Crippen LogP contribution in [0.3, 0.4) is 0 Å². The maximum absolute atomic E-state index is 5.97. The molecule has 0 saturated carbocycles. The van der Waals surface area contributed by atoms with Gasteiger partial charge >= 0.3 is 0 Å². The predicted octanol–water partition coefficient (Wildman–Crippen LogP) is 3.42. The van der Waals surface area contributed by atoms with E-state index in [0.29, 0.717) is 6.61 Å². The van der Waals surface area contributed by atoms with E-state index >= 15 is 0 Å². The molecule has 0 radical (unpaired) electrons. The van der Waals surface area contributed by atoms with Crippen LogP contribution in [0.5, 0.6) is 5.75 Å². The first-order chi connectivity index (χ1) is 6.18. The number of ether oxygens (including phenoxy) is 1. The van der Waals surface area contributed by atoms with Crippen molar-refractivity contribution in [3.05, 3.63) is 26.6 Å². The van der Waals surface area contributed by atoms with Crippen LogP contribution in [0.1, 0.15) is 18.0 Å². The van der Waals surface area contributed by atoms with Crippen LogP contribution in [0.4, 0.5) is 0 Å². The van der Waals surface area contributed by atoms with Gasteiger partial charge < -0.3 is 10.5 Å². The molecule has 1 aromatic carbocycles. The second-order valence-corrected chi connectivity index (χ2v) is 4.81. The maximum Gasteiger partial charge on any atom is 0.126 e. The molecule has 0 unspecified atom stereocenters. The first kappa shape index (κ1) is 12.3. The van der Waals surface area contributed by atoms with E-state index in [2.05, 4.69) is 31.9 Å². The molecule has 14 heavy (non-hydrogen) atoms. The normalized spacial score (nSPS) is 19.2. The van der Waals surface area contributed by atoms with Crippen molar-refractivity contribution in [1.29, 1.82) is 0 Å². The van der Waals surface area contributed by atoms with Crippen molar-refractivity contribution in [2.24, 2.45) is 5.73 Å². The Morgan fingerprint density at radius 1 is 1.36 bits per heavy atom. The largest absolute Gasteiger partial charge is 0.493 e. The van der Waals surface area contributed by atoms with Crippen molar-refractivity contribution < 1.29 is 4.74 Å². The number of nitrogens with two attached hydrogens (primary N) is 1. The number of halogens is 3. The van der Waals surface area contributed by atoms with Gasteiger partial charge in [0.05, 0.1) is 6.61 Å². The van der Waals surface area contributed by atoms with Gasteiger partial charge in [-0.1, -0.05) is 31.9 Å². The van der Waals surface area contributed by atoms with Gasteiger partial charge in [-0.3, -0.25) is 0 Å². The Labute approximate surface area is 106 Å². The topological polar surface area (TPSA) is 35.2 Å². The van der Waals surface area contributed by atoms with Gasteiger partial charge in [0.15, 0.2) is 0 Å². The summed E-state index contributed by atoms with van der Waals surface area (Å²) in [7, 11) is 0. The smallest absolute Gasteiger partial charge is 0.126 e. The van der Waals surface area contributed by atoms with Gasteiger partial charge in [-0.2, -0.15) is 0 Å². The van der Waals surface area contributed by atoms with Gasteiger partial charge in [-0.15, -0.1) is 12.4 Å². The Bertz CT molecular complexity index is 346. The summed E-state index contributed by atoms with van der Waals surface area (Å²) in [5.41, 5.74) is 7.05. The lowest BCUT2D eigenvalue weighted by atomic mass is 10.0. The third-order valence-corrected chi connectivity index (χ3v) is 3.23.